The van der Waals surface area contributed by atoms with Crippen LogP contribution in [0.2, 0.25) is 0 Å². The highest BCUT2D eigenvalue weighted by molar-refractivity contribution is 6.51. The van der Waals surface area contributed by atoms with Crippen molar-refractivity contribution in [2.24, 2.45) is 0 Å². The zero-order valence-corrected chi connectivity index (χ0v) is 24.3. The fourth-order valence-electron chi connectivity index (χ4n) is 4.94. The van der Waals surface area contributed by atoms with Crippen LogP contribution >= 0.6 is 0 Å². The van der Waals surface area contributed by atoms with E-state index in [0.29, 0.717) is 23.6 Å². The Labute approximate surface area is 232 Å². The van der Waals surface area contributed by atoms with E-state index in [-0.39, 0.29) is 22.2 Å². The third kappa shape index (κ3) is 5.49. The standard InChI is InChI=1S/C34H39NO4/c1-9-39-26-18-16-25(17-19-26)35-29(22-11-14-23(15-12-22)33(3,4)5)28(31(37)32(35)38)30(36)27-20-24(34(6,7)8)13-10-21(27)2/h10-20,29,36H,9H2,1-8H3/b30-28+. The molecule has 204 valence electrons. The van der Waals surface area contributed by atoms with Crippen molar-refractivity contribution in [3.8, 4) is 5.75 Å². The molecule has 1 unspecified atom stereocenters. The smallest absolute Gasteiger partial charge is 0.300 e. The lowest BCUT2D eigenvalue weighted by atomic mass is 9.84. The minimum Gasteiger partial charge on any atom is -0.507 e. The summed E-state index contributed by atoms with van der Waals surface area (Å²) in [4.78, 5) is 28.7. The van der Waals surface area contributed by atoms with Gasteiger partial charge in [-0.2, -0.15) is 0 Å². The zero-order valence-electron chi connectivity index (χ0n) is 24.3. The molecule has 1 aliphatic heterocycles. The molecule has 39 heavy (non-hydrogen) atoms. The topological polar surface area (TPSA) is 66.8 Å². The van der Waals surface area contributed by atoms with E-state index < -0.39 is 17.7 Å². The number of carbonyl (C=O) groups is 2. The molecule has 0 aromatic heterocycles. The Bertz CT molecular complexity index is 1420. The predicted octanol–water partition coefficient (Wildman–Crippen LogP) is 7.62. The molecule has 0 saturated carbocycles. The maximum atomic E-state index is 13.6. The second-order valence-electron chi connectivity index (χ2n) is 12.2. The second-order valence-corrected chi connectivity index (χ2v) is 12.2. The van der Waals surface area contributed by atoms with Gasteiger partial charge in [0.1, 0.15) is 11.5 Å². The molecule has 1 amide bonds. The van der Waals surface area contributed by atoms with Crippen molar-refractivity contribution in [3.05, 3.63) is 100 Å². The van der Waals surface area contributed by atoms with E-state index in [1.165, 1.54) is 4.90 Å². The summed E-state index contributed by atoms with van der Waals surface area (Å²) in [6.45, 7) is 17.0. The number of ether oxygens (including phenoxy) is 1. The molecule has 1 atom stereocenters. The normalized spacial score (nSPS) is 17.5. The number of hydrogen-bond donors (Lipinski definition) is 1. The fourth-order valence-corrected chi connectivity index (χ4v) is 4.94. The van der Waals surface area contributed by atoms with Crippen LogP contribution in [0.5, 0.6) is 5.75 Å². The highest BCUT2D eigenvalue weighted by atomic mass is 16.5. The van der Waals surface area contributed by atoms with Gasteiger partial charge in [0, 0.05) is 11.3 Å². The SMILES string of the molecule is CCOc1ccc(N2C(=O)C(=O)/C(=C(/O)c3cc(C(C)(C)C)ccc3C)C2c2ccc(C(C)(C)C)cc2)cc1. The molecular weight excluding hydrogens is 486 g/mol. The Morgan fingerprint density at radius 2 is 1.41 bits per heavy atom. The van der Waals surface area contributed by atoms with Crippen molar-refractivity contribution in [1.29, 1.82) is 0 Å². The summed E-state index contributed by atoms with van der Waals surface area (Å²) in [5.41, 5.74) is 4.75. The lowest BCUT2D eigenvalue weighted by molar-refractivity contribution is -0.132. The number of hydrogen-bond acceptors (Lipinski definition) is 4. The minimum atomic E-state index is -0.783. The van der Waals surface area contributed by atoms with Gasteiger partial charge in [-0.1, -0.05) is 77.9 Å². The van der Waals surface area contributed by atoms with E-state index in [0.717, 1.165) is 22.3 Å². The van der Waals surface area contributed by atoms with Crippen molar-refractivity contribution in [3.63, 3.8) is 0 Å². The van der Waals surface area contributed by atoms with E-state index >= 15 is 0 Å². The number of aliphatic hydroxyl groups is 1. The molecule has 3 aromatic carbocycles. The summed E-state index contributed by atoms with van der Waals surface area (Å²) in [5.74, 6) is -0.851. The van der Waals surface area contributed by atoms with Crippen molar-refractivity contribution >= 4 is 23.1 Å². The molecule has 3 aromatic rings. The van der Waals surface area contributed by atoms with Crippen molar-refractivity contribution in [1.82, 2.24) is 0 Å². The van der Waals surface area contributed by atoms with Crippen LogP contribution in [0.25, 0.3) is 5.76 Å². The van der Waals surface area contributed by atoms with E-state index in [2.05, 4.69) is 41.5 Å². The van der Waals surface area contributed by atoms with Crippen molar-refractivity contribution in [2.75, 3.05) is 11.5 Å². The quantitative estimate of drug-likeness (QED) is 0.211. The average molecular weight is 526 g/mol. The first kappa shape index (κ1) is 28.2. The van der Waals surface area contributed by atoms with Gasteiger partial charge in [-0.3, -0.25) is 14.5 Å². The Hall–Kier alpha value is -3.86. The molecule has 1 aliphatic rings. The number of anilines is 1. The van der Waals surface area contributed by atoms with E-state index in [4.69, 9.17) is 4.74 Å². The summed E-state index contributed by atoms with van der Waals surface area (Å²) in [6.07, 6.45) is 0. The monoisotopic (exact) mass is 525 g/mol. The number of Topliss-reactive ketones (excluding diaryl/α,β-unsaturated/α-hetero) is 1. The highest BCUT2D eigenvalue weighted by Gasteiger charge is 2.47. The minimum absolute atomic E-state index is 0.0556. The Morgan fingerprint density at radius 3 is 1.95 bits per heavy atom. The molecule has 1 N–H and O–H groups in total. The van der Waals surface area contributed by atoms with Crippen LogP contribution in [0, 0.1) is 6.92 Å². The van der Waals surface area contributed by atoms with Crippen LogP contribution in [0.4, 0.5) is 5.69 Å². The number of amides is 1. The van der Waals surface area contributed by atoms with Crippen molar-refractivity contribution < 1.29 is 19.4 Å². The first-order chi connectivity index (χ1) is 18.2. The summed E-state index contributed by atoms with van der Waals surface area (Å²) in [5, 5.41) is 11.7. The first-order valence-electron chi connectivity index (χ1n) is 13.5. The van der Waals surface area contributed by atoms with Gasteiger partial charge < -0.3 is 9.84 Å². The third-order valence-electron chi connectivity index (χ3n) is 7.32. The van der Waals surface area contributed by atoms with E-state index in [1.807, 2.05) is 56.3 Å². The van der Waals surface area contributed by atoms with Crippen LogP contribution in [-0.2, 0) is 20.4 Å². The molecule has 5 heteroatoms. The summed E-state index contributed by atoms with van der Waals surface area (Å²) >= 11 is 0. The van der Waals surface area contributed by atoms with Gasteiger partial charge in [0.25, 0.3) is 11.7 Å². The molecular formula is C34H39NO4. The Balaban J connectivity index is 1.94. The molecule has 0 spiro atoms. The lowest BCUT2D eigenvalue weighted by Gasteiger charge is -2.27. The van der Waals surface area contributed by atoms with Gasteiger partial charge in [0.05, 0.1) is 18.2 Å². The van der Waals surface area contributed by atoms with Crippen LogP contribution in [0.3, 0.4) is 0 Å². The number of aryl methyl sites for hydroxylation is 1. The van der Waals surface area contributed by atoms with Gasteiger partial charge in [0.15, 0.2) is 0 Å². The number of benzene rings is 3. The van der Waals surface area contributed by atoms with Crippen molar-refractivity contribution in [2.45, 2.75) is 72.3 Å². The van der Waals surface area contributed by atoms with Crippen LogP contribution in [0.15, 0.2) is 72.3 Å². The molecule has 5 nitrogen and oxygen atoms in total. The van der Waals surface area contributed by atoms with E-state index in [1.54, 1.807) is 24.3 Å². The van der Waals surface area contributed by atoms with Gasteiger partial charge in [-0.05, 0) is 77.3 Å². The number of nitrogens with zero attached hydrogens (tertiary/aromatic N) is 1. The third-order valence-corrected chi connectivity index (χ3v) is 7.32. The number of rotatable bonds is 5. The summed E-state index contributed by atoms with van der Waals surface area (Å²) < 4.78 is 5.58. The Morgan fingerprint density at radius 1 is 0.846 bits per heavy atom. The molecule has 0 aliphatic carbocycles. The number of carbonyl (C=O) groups excluding carboxylic acids is 2. The number of aliphatic hydroxyl groups excluding tert-OH is 1. The molecule has 1 saturated heterocycles. The average Bonchev–Trinajstić information content (AvgIpc) is 3.14. The second kappa shape index (κ2) is 10.4. The lowest BCUT2D eigenvalue weighted by Crippen LogP contribution is -2.29. The summed E-state index contributed by atoms with van der Waals surface area (Å²) in [6, 6.07) is 20.2. The van der Waals surface area contributed by atoms with Crippen LogP contribution < -0.4 is 9.64 Å². The molecule has 4 rings (SSSR count). The molecule has 1 fully saturated rings. The molecule has 0 bridgehead atoms. The van der Waals surface area contributed by atoms with Gasteiger partial charge in [-0.15, -0.1) is 0 Å². The summed E-state index contributed by atoms with van der Waals surface area (Å²) in [7, 11) is 0. The number of ketones is 1. The van der Waals surface area contributed by atoms with Crippen LogP contribution in [-0.4, -0.2) is 23.4 Å². The molecule has 1 heterocycles. The predicted molar refractivity (Wildman–Crippen MR) is 157 cm³/mol. The maximum absolute atomic E-state index is 13.6. The maximum Gasteiger partial charge on any atom is 0.300 e. The van der Waals surface area contributed by atoms with Crippen LogP contribution in [0.1, 0.15) is 82.3 Å². The van der Waals surface area contributed by atoms with Gasteiger partial charge in [0.2, 0.25) is 0 Å². The largest absolute Gasteiger partial charge is 0.507 e. The fraction of sp³-hybridized carbons (Fsp3) is 0.353. The first-order valence-corrected chi connectivity index (χ1v) is 13.5. The van der Waals surface area contributed by atoms with Gasteiger partial charge >= 0.3 is 0 Å². The highest BCUT2D eigenvalue weighted by Crippen LogP contribution is 2.43. The molecule has 0 radical (unpaired) electrons. The zero-order chi connectivity index (χ0) is 28.7. The van der Waals surface area contributed by atoms with Gasteiger partial charge in [-0.25, -0.2) is 0 Å². The van der Waals surface area contributed by atoms with E-state index in [9.17, 15) is 14.7 Å². The Kier molecular flexibility index (Phi) is 7.48.